The summed E-state index contributed by atoms with van der Waals surface area (Å²) in [5.41, 5.74) is 2.53. The van der Waals surface area contributed by atoms with Crippen LogP contribution in [0, 0.1) is 0 Å². The van der Waals surface area contributed by atoms with E-state index in [2.05, 4.69) is 30.5 Å². The van der Waals surface area contributed by atoms with Crippen molar-refractivity contribution in [3.63, 3.8) is 0 Å². The zero-order valence-electron chi connectivity index (χ0n) is 15.4. The molecule has 1 aliphatic carbocycles. The number of ether oxygens (including phenoxy) is 2. The van der Waals surface area contributed by atoms with Crippen molar-refractivity contribution in [3.05, 3.63) is 30.6 Å². The molecule has 1 aromatic carbocycles. The number of anilines is 1. The van der Waals surface area contributed by atoms with Crippen LogP contribution in [0.1, 0.15) is 12.8 Å². The molecule has 1 N–H and O–H groups in total. The highest BCUT2D eigenvalue weighted by molar-refractivity contribution is 6.01. The molecule has 0 atom stereocenters. The number of nitrogens with zero attached hydrogens (tertiary/aromatic N) is 5. The summed E-state index contributed by atoms with van der Waals surface area (Å²) >= 11 is 0. The number of hydrogen-bond donors (Lipinski definition) is 1. The predicted octanol–water partition coefficient (Wildman–Crippen LogP) is 2.05. The van der Waals surface area contributed by atoms with Crippen LogP contribution in [0.25, 0.3) is 22.5 Å². The number of benzene rings is 1. The van der Waals surface area contributed by atoms with Gasteiger partial charge < -0.3 is 19.4 Å². The summed E-state index contributed by atoms with van der Waals surface area (Å²) in [4.78, 5) is 12.9. The molecule has 9 nitrogen and oxygen atoms in total. The standard InChI is InChI=1S/C18H17BN6O3/c1-26-16-17(27-2)23-13(8-20-16)10-3-6-12(15(7-10)28-19)14-9-21-18(25-24-14)22-11-4-5-11/h3,6-9,11H,4-5H2,1-2H3,(H,21,22,25). The van der Waals surface area contributed by atoms with Crippen LogP contribution in [0.2, 0.25) is 0 Å². The third-order valence-electron chi connectivity index (χ3n) is 4.25. The lowest BCUT2D eigenvalue weighted by molar-refractivity contribution is 0.332. The maximum absolute atomic E-state index is 5.48. The number of methoxy groups -OCH3 is 2. The molecule has 2 heterocycles. The molecule has 10 heteroatoms. The fourth-order valence-corrected chi connectivity index (χ4v) is 2.64. The fraction of sp³-hybridized carbons (Fsp3) is 0.278. The van der Waals surface area contributed by atoms with Crippen LogP contribution < -0.4 is 19.4 Å². The molecule has 2 aromatic heterocycles. The van der Waals surface area contributed by atoms with Gasteiger partial charge in [-0.1, -0.05) is 6.07 Å². The molecule has 0 aliphatic heterocycles. The second-order valence-corrected chi connectivity index (χ2v) is 6.19. The Hall–Kier alpha value is -3.43. The van der Waals surface area contributed by atoms with E-state index in [0.717, 1.165) is 18.4 Å². The Bertz CT molecular complexity index is 982. The summed E-state index contributed by atoms with van der Waals surface area (Å²) in [6, 6.07) is 5.86. The highest BCUT2D eigenvalue weighted by atomic mass is 16.5. The normalized spacial score (nSPS) is 13.1. The van der Waals surface area contributed by atoms with Crippen molar-refractivity contribution < 1.29 is 14.1 Å². The van der Waals surface area contributed by atoms with E-state index in [0.29, 0.717) is 40.6 Å². The van der Waals surface area contributed by atoms with E-state index in [1.807, 2.05) is 12.1 Å². The van der Waals surface area contributed by atoms with Gasteiger partial charge in [0.2, 0.25) is 5.95 Å². The van der Waals surface area contributed by atoms with E-state index >= 15 is 0 Å². The van der Waals surface area contributed by atoms with Crippen molar-refractivity contribution in [3.8, 4) is 40.0 Å². The van der Waals surface area contributed by atoms with E-state index in [9.17, 15) is 0 Å². The second-order valence-electron chi connectivity index (χ2n) is 6.19. The van der Waals surface area contributed by atoms with Crippen molar-refractivity contribution in [2.75, 3.05) is 19.5 Å². The van der Waals surface area contributed by atoms with Crippen LogP contribution in [-0.2, 0) is 0 Å². The lowest BCUT2D eigenvalue weighted by Gasteiger charge is -2.12. The van der Waals surface area contributed by atoms with Crippen molar-refractivity contribution in [1.29, 1.82) is 0 Å². The Balaban J connectivity index is 1.64. The van der Waals surface area contributed by atoms with Gasteiger partial charge in [0.1, 0.15) is 11.4 Å². The van der Waals surface area contributed by atoms with Gasteiger partial charge in [0.25, 0.3) is 11.8 Å². The molecule has 140 valence electrons. The van der Waals surface area contributed by atoms with Gasteiger partial charge in [0, 0.05) is 17.2 Å². The Morgan fingerprint density at radius 3 is 2.43 bits per heavy atom. The third-order valence-corrected chi connectivity index (χ3v) is 4.25. The number of nitrogens with one attached hydrogen (secondary N) is 1. The highest BCUT2D eigenvalue weighted by Crippen LogP contribution is 2.33. The quantitative estimate of drug-likeness (QED) is 0.621. The Morgan fingerprint density at radius 1 is 1.00 bits per heavy atom. The summed E-state index contributed by atoms with van der Waals surface area (Å²) in [6.45, 7) is 0. The molecule has 1 fully saturated rings. The van der Waals surface area contributed by atoms with Crippen LogP contribution in [0.15, 0.2) is 30.6 Å². The molecule has 0 bridgehead atoms. The number of rotatable bonds is 7. The SMILES string of the molecule is [B]Oc1cc(-c2cnc(OC)c(OC)n2)ccc1-c1cnc(NC2CC2)nn1. The van der Waals surface area contributed by atoms with Gasteiger partial charge in [0.15, 0.2) is 0 Å². The van der Waals surface area contributed by atoms with E-state index in [-0.39, 0.29) is 5.88 Å². The first kappa shape index (κ1) is 18.0. The molecule has 0 spiro atoms. The molecule has 4 rings (SSSR count). The van der Waals surface area contributed by atoms with Crippen molar-refractivity contribution >= 4 is 14.0 Å². The fourth-order valence-electron chi connectivity index (χ4n) is 2.64. The lowest BCUT2D eigenvalue weighted by Crippen LogP contribution is -2.06. The van der Waals surface area contributed by atoms with Gasteiger partial charge in [0.05, 0.1) is 32.3 Å². The molecule has 1 saturated carbocycles. The highest BCUT2D eigenvalue weighted by Gasteiger charge is 2.22. The van der Waals surface area contributed by atoms with Gasteiger partial charge in [-0.25, -0.2) is 15.0 Å². The summed E-state index contributed by atoms with van der Waals surface area (Å²) in [7, 11) is 8.48. The first-order valence-electron chi connectivity index (χ1n) is 8.64. The molecule has 28 heavy (non-hydrogen) atoms. The molecule has 0 amide bonds. The molecule has 3 aromatic rings. The van der Waals surface area contributed by atoms with Crippen LogP contribution in [-0.4, -0.2) is 53.5 Å². The topological polar surface area (TPSA) is 104 Å². The van der Waals surface area contributed by atoms with Gasteiger partial charge >= 0.3 is 8.05 Å². The zero-order chi connectivity index (χ0) is 19.5. The van der Waals surface area contributed by atoms with Crippen molar-refractivity contribution in [2.45, 2.75) is 18.9 Å². The summed E-state index contributed by atoms with van der Waals surface area (Å²) in [5.74, 6) is 1.51. The molecular formula is C18H17BN6O3. The summed E-state index contributed by atoms with van der Waals surface area (Å²) < 4.78 is 15.4. The van der Waals surface area contributed by atoms with Crippen LogP contribution in [0.3, 0.4) is 0 Å². The van der Waals surface area contributed by atoms with Gasteiger partial charge in [-0.3, -0.25) is 0 Å². The average Bonchev–Trinajstić information content (AvgIpc) is 3.57. The number of hydrogen-bond acceptors (Lipinski definition) is 9. The maximum atomic E-state index is 5.48. The molecule has 2 radical (unpaired) electrons. The Labute approximate surface area is 163 Å². The zero-order valence-corrected chi connectivity index (χ0v) is 15.4. The van der Waals surface area contributed by atoms with E-state index < -0.39 is 0 Å². The Kier molecular flexibility index (Phi) is 4.92. The van der Waals surface area contributed by atoms with Gasteiger partial charge in [-0.05, 0) is 25.0 Å². The second kappa shape index (κ2) is 7.67. The van der Waals surface area contributed by atoms with Crippen LogP contribution >= 0.6 is 0 Å². The van der Waals surface area contributed by atoms with Crippen LogP contribution in [0.5, 0.6) is 17.5 Å². The van der Waals surface area contributed by atoms with E-state index in [1.54, 1.807) is 18.5 Å². The van der Waals surface area contributed by atoms with Crippen molar-refractivity contribution in [2.24, 2.45) is 0 Å². The summed E-state index contributed by atoms with van der Waals surface area (Å²) in [5, 5.41) is 11.5. The maximum Gasteiger partial charge on any atom is 0.374 e. The monoisotopic (exact) mass is 376 g/mol. The van der Waals surface area contributed by atoms with Crippen LogP contribution in [0.4, 0.5) is 5.95 Å². The first-order valence-corrected chi connectivity index (χ1v) is 8.64. The Morgan fingerprint density at radius 2 is 1.79 bits per heavy atom. The van der Waals surface area contributed by atoms with Crippen molar-refractivity contribution in [1.82, 2.24) is 25.1 Å². The first-order chi connectivity index (χ1) is 13.7. The van der Waals surface area contributed by atoms with Gasteiger partial charge in [-0.15, -0.1) is 10.2 Å². The lowest BCUT2D eigenvalue weighted by atomic mass is 10.1. The number of aromatic nitrogens is 5. The molecule has 0 unspecified atom stereocenters. The van der Waals surface area contributed by atoms with E-state index in [1.165, 1.54) is 14.2 Å². The minimum absolute atomic E-state index is 0.285. The van der Waals surface area contributed by atoms with Gasteiger partial charge in [-0.2, -0.15) is 0 Å². The minimum atomic E-state index is 0.285. The average molecular weight is 376 g/mol. The minimum Gasteiger partial charge on any atom is -0.567 e. The largest absolute Gasteiger partial charge is 0.567 e. The smallest absolute Gasteiger partial charge is 0.374 e. The third kappa shape index (κ3) is 3.66. The molecule has 1 aliphatic rings. The predicted molar refractivity (Wildman–Crippen MR) is 102 cm³/mol. The molecular weight excluding hydrogens is 359 g/mol. The molecule has 0 saturated heterocycles. The summed E-state index contributed by atoms with van der Waals surface area (Å²) in [6.07, 6.45) is 5.48. The van der Waals surface area contributed by atoms with E-state index in [4.69, 9.17) is 22.2 Å².